The Kier molecular flexibility index (Phi) is 7.59. The topological polar surface area (TPSA) is 72.8 Å². The summed E-state index contributed by atoms with van der Waals surface area (Å²) in [6.07, 6.45) is 5.44. The lowest BCUT2D eigenvalue weighted by atomic mass is 9.79. The van der Waals surface area contributed by atoms with Crippen molar-refractivity contribution in [2.45, 2.75) is 65.1 Å². The molecular weight excluding hydrogens is 260 g/mol. The third-order valence-corrected chi connectivity index (χ3v) is 3.77. The van der Waals surface area contributed by atoms with E-state index in [0.29, 0.717) is 19.4 Å². The molecule has 0 aromatic heterocycles. The minimum atomic E-state index is -0.900. The van der Waals surface area contributed by atoms with Gasteiger partial charge >= 0.3 is 11.9 Å². The highest BCUT2D eigenvalue weighted by atomic mass is 16.7. The van der Waals surface area contributed by atoms with Crippen LogP contribution >= 0.6 is 0 Å². The van der Waals surface area contributed by atoms with E-state index >= 15 is 0 Å². The van der Waals surface area contributed by atoms with Crippen molar-refractivity contribution in [3.63, 3.8) is 0 Å². The van der Waals surface area contributed by atoms with E-state index in [1.807, 2.05) is 0 Å². The maximum atomic E-state index is 12.0. The van der Waals surface area contributed by atoms with Gasteiger partial charge in [0.25, 0.3) is 0 Å². The molecule has 3 atom stereocenters. The largest absolute Gasteiger partial charge is 0.481 e. The Morgan fingerprint density at radius 2 is 1.85 bits per heavy atom. The van der Waals surface area contributed by atoms with Gasteiger partial charge in [-0.05, 0) is 26.2 Å². The monoisotopic (exact) mass is 286 g/mol. The van der Waals surface area contributed by atoms with Crippen LogP contribution in [0, 0.1) is 11.8 Å². The molecule has 0 aromatic carbocycles. The second kappa shape index (κ2) is 8.95. The number of aliphatic carboxylic acids is 1. The van der Waals surface area contributed by atoms with Gasteiger partial charge in [-0.15, -0.1) is 0 Å². The SMILES string of the molecule is CCCCCOC(C)OC(=O)C1CCCCC1C(=O)O. The fourth-order valence-corrected chi connectivity index (χ4v) is 2.59. The molecule has 116 valence electrons. The number of carbonyl (C=O) groups excluding carboxylic acids is 1. The van der Waals surface area contributed by atoms with Gasteiger partial charge in [-0.3, -0.25) is 9.59 Å². The normalized spacial score (nSPS) is 24.1. The van der Waals surface area contributed by atoms with Crippen LogP contribution in [0.5, 0.6) is 0 Å². The molecule has 1 saturated carbocycles. The van der Waals surface area contributed by atoms with Crippen LogP contribution in [-0.2, 0) is 19.1 Å². The predicted molar refractivity (Wildman–Crippen MR) is 74.1 cm³/mol. The molecule has 1 fully saturated rings. The summed E-state index contributed by atoms with van der Waals surface area (Å²) in [6.45, 7) is 4.36. The molecule has 0 amide bonds. The lowest BCUT2D eigenvalue weighted by Crippen LogP contribution is -2.35. The van der Waals surface area contributed by atoms with Crippen LogP contribution in [0.2, 0.25) is 0 Å². The van der Waals surface area contributed by atoms with Gasteiger partial charge < -0.3 is 14.6 Å². The van der Waals surface area contributed by atoms with Crippen LogP contribution in [-0.4, -0.2) is 29.9 Å². The van der Waals surface area contributed by atoms with E-state index in [0.717, 1.165) is 32.1 Å². The number of esters is 1. The van der Waals surface area contributed by atoms with Crippen molar-refractivity contribution >= 4 is 11.9 Å². The van der Waals surface area contributed by atoms with Crippen molar-refractivity contribution in [2.24, 2.45) is 11.8 Å². The Bertz CT molecular complexity index is 315. The molecule has 5 heteroatoms. The zero-order chi connectivity index (χ0) is 15.0. The van der Waals surface area contributed by atoms with Crippen LogP contribution in [0.15, 0.2) is 0 Å². The Morgan fingerprint density at radius 1 is 1.20 bits per heavy atom. The lowest BCUT2D eigenvalue weighted by Gasteiger charge is -2.27. The number of carboxylic acid groups (broad SMARTS) is 1. The number of rotatable bonds is 8. The van der Waals surface area contributed by atoms with Crippen LogP contribution in [0.25, 0.3) is 0 Å². The van der Waals surface area contributed by atoms with E-state index < -0.39 is 30.1 Å². The molecule has 0 aromatic rings. The average molecular weight is 286 g/mol. The molecule has 20 heavy (non-hydrogen) atoms. The van der Waals surface area contributed by atoms with E-state index in [2.05, 4.69) is 6.92 Å². The smallest absolute Gasteiger partial charge is 0.312 e. The van der Waals surface area contributed by atoms with Gasteiger partial charge in [0.2, 0.25) is 0 Å². The summed E-state index contributed by atoms with van der Waals surface area (Å²) in [7, 11) is 0. The van der Waals surface area contributed by atoms with Gasteiger partial charge in [0.1, 0.15) is 0 Å². The quantitative estimate of drug-likeness (QED) is 0.422. The van der Waals surface area contributed by atoms with Gasteiger partial charge in [-0.1, -0.05) is 32.6 Å². The Hall–Kier alpha value is -1.10. The van der Waals surface area contributed by atoms with Crippen LogP contribution in [0.4, 0.5) is 0 Å². The number of ether oxygens (including phenoxy) is 2. The van der Waals surface area contributed by atoms with Gasteiger partial charge in [0, 0.05) is 0 Å². The van der Waals surface area contributed by atoms with E-state index in [1.54, 1.807) is 6.92 Å². The first-order valence-electron chi connectivity index (χ1n) is 7.61. The molecule has 3 unspecified atom stereocenters. The number of carboxylic acids is 1. The molecule has 1 aliphatic rings. The van der Waals surface area contributed by atoms with E-state index in [9.17, 15) is 9.59 Å². The zero-order valence-corrected chi connectivity index (χ0v) is 12.5. The molecule has 0 spiro atoms. The van der Waals surface area contributed by atoms with Crippen molar-refractivity contribution < 1.29 is 24.2 Å². The van der Waals surface area contributed by atoms with Gasteiger partial charge in [0.05, 0.1) is 18.4 Å². The molecule has 5 nitrogen and oxygen atoms in total. The molecule has 1 rings (SSSR count). The number of hydrogen-bond donors (Lipinski definition) is 1. The molecule has 0 radical (unpaired) electrons. The maximum Gasteiger partial charge on any atom is 0.312 e. The highest BCUT2D eigenvalue weighted by Gasteiger charge is 2.37. The van der Waals surface area contributed by atoms with Crippen LogP contribution in [0.3, 0.4) is 0 Å². The summed E-state index contributed by atoms with van der Waals surface area (Å²) in [6, 6.07) is 0. The third-order valence-electron chi connectivity index (χ3n) is 3.77. The van der Waals surface area contributed by atoms with Crippen molar-refractivity contribution in [1.82, 2.24) is 0 Å². The number of carbonyl (C=O) groups is 2. The summed E-state index contributed by atoms with van der Waals surface area (Å²) >= 11 is 0. The first kappa shape index (κ1) is 17.0. The standard InChI is InChI=1S/C15H26O5/c1-3-4-7-10-19-11(2)20-15(18)13-9-6-5-8-12(13)14(16)17/h11-13H,3-10H2,1-2H3,(H,16,17). The van der Waals surface area contributed by atoms with Crippen molar-refractivity contribution in [3.8, 4) is 0 Å². The van der Waals surface area contributed by atoms with E-state index in [1.165, 1.54) is 0 Å². The van der Waals surface area contributed by atoms with Crippen molar-refractivity contribution in [2.75, 3.05) is 6.61 Å². The minimum absolute atomic E-state index is 0.430. The average Bonchev–Trinajstić information content (AvgIpc) is 2.43. The zero-order valence-electron chi connectivity index (χ0n) is 12.5. The van der Waals surface area contributed by atoms with Crippen LogP contribution < -0.4 is 0 Å². The van der Waals surface area contributed by atoms with Gasteiger partial charge in [-0.25, -0.2) is 0 Å². The van der Waals surface area contributed by atoms with Crippen molar-refractivity contribution in [1.29, 1.82) is 0 Å². The van der Waals surface area contributed by atoms with E-state index in [4.69, 9.17) is 14.6 Å². The summed E-state index contributed by atoms with van der Waals surface area (Å²) in [4.78, 5) is 23.2. The summed E-state index contributed by atoms with van der Waals surface area (Å²) < 4.78 is 10.6. The first-order chi connectivity index (χ1) is 9.56. The van der Waals surface area contributed by atoms with E-state index in [-0.39, 0.29) is 0 Å². The maximum absolute atomic E-state index is 12.0. The second-order valence-electron chi connectivity index (χ2n) is 5.42. The second-order valence-corrected chi connectivity index (χ2v) is 5.42. The van der Waals surface area contributed by atoms with Gasteiger partial charge in [-0.2, -0.15) is 0 Å². The molecule has 0 saturated heterocycles. The molecule has 0 aliphatic heterocycles. The Morgan fingerprint density at radius 3 is 2.45 bits per heavy atom. The molecule has 0 heterocycles. The Balaban J connectivity index is 2.37. The predicted octanol–water partition coefficient (Wildman–Crippen LogP) is 2.97. The molecular formula is C15H26O5. The van der Waals surface area contributed by atoms with Crippen LogP contribution in [0.1, 0.15) is 58.8 Å². The first-order valence-corrected chi connectivity index (χ1v) is 7.61. The molecule has 1 aliphatic carbocycles. The third kappa shape index (κ3) is 5.49. The molecule has 1 N–H and O–H groups in total. The van der Waals surface area contributed by atoms with Gasteiger partial charge in [0.15, 0.2) is 6.29 Å². The highest BCUT2D eigenvalue weighted by molar-refractivity contribution is 5.81. The highest BCUT2D eigenvalue weighted by Crippen LogP contribution is 2.31. The lowest BCUT2D eigenvalue weighted by molar-refractivity contribution is -0.185. The number of hydrogen-bond acceptors (Lipinski definition) is 4. The summed E-state index contributed by atoms with van der Waals surface area (Å²) in [5.41, 5.74) is 0. The fraction of sp³-hybridized carbons (Fsp3) is 0.867. The van der Waals surface area contributed by atoms with Crippen molar-refractivity contribution in [3.05, 3.63) is 0 Å². The minimum Gasteiger partial charge on any atom is -0.481 e. The Labute approximate surface area is 120 Å². The summed E-state index contributed by atoms with van der Waals surface area (Å²) in [5.74, 6) is -2.46. The fourth-order valence-electron chi connectivity index (χ4n) is 2.59. The summed E-state index contributed by atoms with van der Waals surface area (Å²) in [5, 5.41) is 9.15. The molecule has 0 bridgehead atoms. The number of unbranched alkanes of at least 4 members (excludes halogenated alkanes) is 2.